The lowest BCUT2D eigenvalue weighted by atomic mass is 10.1. The van der Waals surface area contributed by atoms with Crippen LogP contribution in [0.3, 0.4) is 0 Å². The molecule has 0 fully saturated rings. The fourth-order valence-corrected chi connectivity index (χ4v) is 3.85. The number of allylic oxidation sites excluding steroid dienone is 1. The summed E-state index contributed by atoms with van der Waals surface area (Å²) in [7, 11) is -3.44. The average Bonchev–Trinajstić information content (AvgIpc) is 2.55. The molecule has 0 bridgehead atoms. The Morgan fingerprint density at radius 3 is 2.29 bits per heavy atom. The zero-order valence-electron chi connectivity index (χ0n) is 15.4. The molecule has 24 heavy (non-hydrogen) atoms. The summed E-state index contributed by atoms with van der Waals surface area (Å²) in [5.74, 6) is 0. The van der Waals surface area contributed by atoms with E-state index < -0.39 is 10.0 Å². The van der Waals surface area contributed by atoms with Crippen molar-refractivity contribution in [1.29, 1.82) is 0 Å². The van der Waals surface area contributed by atoms with Crippen molar-refractivity contribution in [3.8, 4) is 0 Å². The van der Waals surface area contributed by atoms with E-state index in [0.717, 1.165) is 37.7 Å². The normalized spacial score (nSPS) is 13.5. The third-order valence-electron chi connectivity index (χ3n) is 4.12. The molecule has 1 atom stereocenters. The second kappa shape index (κ2) is 11.4. The van der Waals surface area contributed by atoms with Gasteiger partial charge in [0.05, 0.1) is 4.90 Å². The Hall–Kier alpha value is -1.13. The first-order valence-corrected chi connectivity index (χ1v) is 10.7. The van der Waals surface area contributed by atoms with Gasteiger partial charge in [0, 0.05) is 6.04 Å². The van der Waals surface area contributed by atoms with Gasteiger partial charge >= 0.3 is 0 Å². The SMILES string of the molecule is CCCCC/C=C\C[C@@H](CCCC)NS(=O)(=O)c1ccc(C)cc1. The van der Waals surface area contributed by atoms with Crippen molar-refractivity contribution in [3.05, 3.63) is 42.0 Å². The van der Waals surface area contributed by atoms with E-state index >= 15 is 0 Å². The lowest BCUT2D eigenvalue weighted by Crippen LogP contribution is -2.34. The predicted octanol–water partition coefficient (Wildman–Crippen LogP) is 5.36. The molecule has 3 nitrogen and oxygen atoms in total. The molecule has 1 aromatic rings. The zero-order chi connectivity index (χ0) is 17.8. The minimum Gasteiger partial charge on any atom is -0.208 e. The van der Waals surface area contributed by atoms with Crippen molar-refractivity contribution in [1.82, 2.24) is 4.72 Å². The molecule has 0 aliphatic carbocycles. The van der Waals surface area contributed by atoms with Gasteiger partial charge in [-0.2, -0.15) is 0 Å². The van der Waals surface area contributed by atoms with Crippen molar-refractivity contribution in [2.75, 3.05) is 0 Å². The maximum atomic E-state index is 12.6. The zero-order valence-corrected chi connectivity index (χ0v) is 16.2. The largest absolute Gasteiger partial charge is 0.240 e. The molecule has 0 amide bonds. The van der Waals surface area contributed by atoms with Crippen molar-refractivity contribution in [2.24, 2.45) is 0 Å². The van der Waals surface area contributed by atoms with E-state index in [2.05, 4.69) is 30.7 Å². The van der Waals surface area contributed by atoms with Crippen molar-refractivity contribution < 1.29 is 8.42 Å². The van der Waals surface area contributed by atoms with Gasteiger partial charge < -0.3 is 0 Å². The molecule has 1 N–H and O–H groups in total. The summed E-state index contributed by atoms with van der Waals surface area (Å²) in [4.78, 5) is 0.349. The number of benzene rings is 1. The van der Waals surface area contributed by atoms with Crippen LogP contribution in [-0.2, 0) is 10.0 Å². The summed E-state index contributed by atoms with van der Waals surface area (Å²) in [6.45, 7) is 6.29. The smallest absolute Gasteiger partial charge is 0.208 e. The maximum Gasteiger partial charge on any atom is 0.240 e. The van der Waals surface area contributed by atoms with Gasteiger partial charge in [-0.3, -0.25) is 0 Å². The molecule has 1 rings (SSSR count). The first-order chi connectivity index (χ1) is 11.5. The van der Waals surface area contributed by atoms with Gasteiger partial charge in [-0.25, -0.2) is 13.1 Å². The van der Waals surface area contributed by atoms with Gasteiger partial charge in [0.1, 0.15) is 0 Å². The fourth-order valence-electron chi connectivity index (χ4n) is 2.57. The molecule has 1 aromatic carbocycles. The number of hydrogen-bond acceptors (Lipinski definition) is 2. The molecule has 0 aromatic heterocycles. The van der Waals surface area contributed by atoms with E-state index in [-0.39, 0.29) is 6.04 Å². The van der Waals surface area contributed by atoms with Crippen LogP contribution in [0.15, 0.2) is 41.3 Å². The highest BCUT2D eigenvalue weighted by Crippen LogP contribution is 2.14. The Bertz CT molecular complexity index is 576. The van der Waals surface area contributed by atoms with Crippen LogP contribution in [0.1, 0.15) is 70.8 Å². The van der Waals surface area contributed by atoms with E-state index in [1.165, 1.54) is 19.3 Å². The second-order valence-electron chi connectivity index (χ2n) is 6.48. The van der Waals surface area contributed by atoms with Gasteiger partial charge in [0.25, 0.3) is 0 Å². The maximum absolute atomic E-state index is 12.6. The first kappa shape index (κ1) is 20.9. The van der Waals surface area contributed by atoms with Crippen LogP contribution in [0.25, 0.3) is 0 Å². The number of nitrogens with one attached hydrogen (secondary N) is 1. The Balaban J connectivity index is 2.65. The van der Waals surface area contributed by atoms with Crippen LogP contribution >= 0.6 is 0 Å². The van der Waals surface area contributed by atoms with Gasteiger partial charge in [-0.15, -0.1) is 0 Å². The molecule has 0 radical (unpaired) electrons. The minimum absolute atomic E-state index is 0.0290. The van der Waals surface area contributed by atoms with Crippen LogP contribution in [0.4, 0.5) is 0 Å². The van der Waals surface area contributed by atoms with Crippen LogP contribution in [0.5, 0.6) is 0 Å². The van der Waals surface area contributed by atoms with Crippen LogP contribution < -0.4 is 4.72 Å². The van der Waals surface area contributed by atoms with E-state index in [1.807, 2.05) is 19.1 Å². The highest BCUT2D eigenvalue weighted by molar-refractivity contribution is 7.89. The Kier molecular flexibility index (Phi) is 9.96. The van der Waals surface area contributed by atoms with Gasteiger partial charge in [0.2, 0.25) is 10.0 Å². The number of rotatable bonds is 12. The van der Waals surface area contributed by atoms with E-state index in [0.29, 0.717) is 4.90 Å². The number of hydrogen-bond donors (Lipinski definition) is 1. The minimum atomic E-state index is -3.44. The molecule has 136 valence electrons. The van der Waals surface area contributed by atoms with Gasteiger partial charge in [-0.1, -0.05) is 69.4 Å². The molecule has 0 aliphatic rings. The standard InChI is InChI=1S/C20H33NO2S/c1-4-6-8-9-10-11-13-19(12-7-5-2)21-24(22,23)20-16-14-18(3)15-17-20/h10-11,14-17,19,21H,4-9,12-13H2,1-3H3/b11-10-/t19-/m1/s1. The molecule has 0 spiro atoms. The number of unbranched alkanes of at least 4 members (excludes halogenated alkanes) is 4. The highest BCUT2D eigenvalue weighted by atomic mass is 32.2. The van der Waals surface area contributed by atoms with E-state index in [9.17, 15) is 8.42 Å². The van der Waals surface area contributed by atoms with E-state index in [1.54, 1.807) is 12.1 Å². The third-order valence-corrected chi connectivity index (χ3v) is 5.66. The molecule has 4 heteroatoms. The van der Waals surface area contributed by atoms with Crippen molar-refractivity contribution >= 4 is 10.0 Å². The molecule has 0 aliphatic heterocycles. The Morgan fingerprint density at radius 2 is 1.67 bits per heavy atom. The molecule has 0 saturated carbocycles. The predicted molar refractivity (Wildman–Crippen MR) is 103 cm³/mol. The van der Waals surface area contributed by atoms with Crippen molar-refractivity contribution in [2.45, 2.75) is 83.1 Å². The fraction of sp³-hybridized carbons (Fsp3) is 0.600. The molecule has 0 unspecified atom stereocenters. The molecule has 0 heterocycles. The average molecular weight is 352 g/mol. The number of aryl methyl sites for hydroxylation is 1. The summed E-state index contributed by atoms with van der Waals surface area (Å²) in [6.07, 6.45) is 12.8. The molecular weight excluding hydrogens is 318 g/mol. The summed E-state index contributed by atoms with van der Waals surface area (Å²) in [5.41, 5.74) is 1.06. The van der Waals surface area contributed by atoms with Crippen LogP contribution in [0, 0.1) is 6.92 Å². The van der Waals surface area contributed by atoms with Gasteiger partial charge in [-0.05, 0) is 44.7 Å². The first-order valence-electron chi connectivity index (χ1n) is 9.23. The molecular formula is C20H33NO2S. The van der Waals surface area contributed by atoms with Crippen molar-refractivity contribution in [3.63, 3.8) is 0 Å². The summed E-state index contributed by atoms with van der Waals surface area (Å²) >= 11 is 0. The van der Waals surface area contributed by atoms with Crippen LogP contribution in [-0.4, -0.2) is 14.5 Å². The lowest BCUT2D eigenvalue weighted by Gasteiger charge is -2.17. The Morgan fingerprint density at radius 1 is 1.00 bits per heavy atom. The highest BCUT2D eigenvalue weighted by Gasteiger charge is 2.18. The monoisotopic (exact) mass is 351 g/mol. The Labute approximate surface area is 148 Å². The summed E-state index contributed by atoms with van der Waals surface area (Å²) in [5, 5.41) is 0. The quantitative estimate of drug-likeness (QED) is 0.407. The lowest BCUT2D eigenvalue weighted by molar-refractivity contribution is 0.513. The second-order valence-corrected chi connectivity index (χ2v) is 8.19. The number of sulfonamides is 1. The summed E-state index contributed by atoms with van der Waals surface area (Å²) in [6, 6.07) is 7.00. The van der Waals surface area contributed by atoms with E-state index in [4.69, 9.17) is 0 Å². The summed E-state index contributed by atoms with van der Waals surface area (Å²) < 4.78 is 28.0. The molecule has 0 saturated heterocycles. The van der Waals surface area contributed by atoms with Gasteiger partial charge in [0.15, 0.2) is 0 Å². The van der Waals surface area contributed by atoms with Crippen LogP contribution in [0.2, 0.25) is 0 Å². The third kappa shape index (κ3) is 8.11. The topological polar surface area (TPSA) is 46.2 Å².